The van der Waals surface area contributed by atoms with Crippen LogP contribution in [0.15, 0.2) is 24.3 Å². The van der Waals surface area contributed by atoms with Crippen molar-refractivity contribution in [2.45, 2.75) is 65.3 Å². The Bertz CT molecular complexity index is 422. The van der Waals surface area contributed by atoms with Crippen molar-refractivity contribution in [2.75, 3.05) is 0 Å². The van der Waals surface area contributed by atoms with Gasteiger partial charge in [-0.3, -0.25) is 0 Å². The highest BCUT2D eigenvalue weighted by molar-refractivity contribution is 5.29. The maximum absolute atomic E-state index is 6.54. The lowest BCUT2D eigenvalue weighted by molar-refractivity contribution is 0.222. The molecule has 1 aliphatic rings. The molecule has 0 amide bonds. The second-order valence-electron chi connectivity index (χ2n) is 7.89. The molecule has 1 nitrogen and oxygen atoms in total. The minimum Gasteiger partial charge on any atom is -0.324 e. The van der Waals surface area contributed by atoms with Crippen LogP contribution in [0.4, 0.5) is 0 Å². The summed E-state index contributed by atoms with van der Waals surface area (Å²) < 4.78 is 0. The Morgan fingerprint density at radius 1 is 1.16 bits per heavy atom. The second-order valence-corrected chi connectivity index (χ2v) is 7.89. The van der Waals surface area contributed by atoms with Crippen LogP contribution >= 0.6 is 0 Å². The van der Waals surface area contributed by atoms with Gasteiger partial charge in [0.15, 0.2) is 0 Å². The van der Waals surface area contributed by atoms with Crippen molar-refractivity contribution in [3.63, 3.8) is 0 Å². The zero-order valence-corrected chi connectivity index (χ0v) is 13.2. The highest BCUT2D eigenvalue weighted by Crippen LogP contribution is 2.47. The third kappa shape index (κ3) is 3.02. The van der Waals surface area contributed by atoms with E-state index in [4.69, 9.17) is 5.73 Å². The van der Waals surface area contributed by atoms with E-state index in [0.29, 0.717) is 11.3 Å². The molecular weight excluding hydrogens is 230 g/mol. The molecule has 0 aromatic heterocycles. The minimum absolute atomic E-state index is 0.187. The Hall–Kier alpha value is -0.820. The van der Waals surface area contributed by atoms with Gasteiger partial charge in [-0.1, -0.05) is 65.3 Å². The lowest BCUT2D eigenvalue weighted by Gasteiger charge is -2.32. The molecule has 2 rings (SSSR count). The highest BCUT2D eigenvalue weighted by Gasteiger charge is 2.38. The Kier molecular flexibility index (Phi) is 3.79. The van der Waals surface area contributed by atoms with Crippen LogP contribution in [-0.4, -0.2) is 0 Å². The first-order valence-electron chi connectivity index (χ1n) is 7.58. The number of benzene rings is 1. The Morgan fingerprint density at radius 2 is 1.74 bits per heavy atom. The van der Waals surface area contributed by atoms with Crippen LogP contribution in [0, 0.1) is 11.3 Å². The third-order valence-electron chi connectivity index (χ3n) is 4.94. The van der Waals surface area contributed by atoms with Crippen molar-refractivity contribution in [3.05, 3.63) is 35.4 Å². The van der Waals surface area contributed by atoms with Crippen molar-refractivity contribution in [3.8, 4) is 0 Å². The monoisotopic (exact) mass is 259 g/mol. The molecule has 0 heterocycles. The lowest BCUT2D eigenvalue weighted by atomic mass is 9.75. The summed E-state index contributed by atoms with van der Waals surface area (Å²) in [4.78, 5) is 0. The summed E-state index contributed by atoms with van der Waals surface area (Å²) in [6.07, 6.45) is 3.91. The molecule has 2 unspecified atom stereocenters. The molecular formula is C18H29N. The summed E-state index contributed by atoms with van der Waals surface area (Å²) in [6, 6.07) is 9.15. The Balaban J connectivity index is 2.18. The predicted octanol–water partition coefficient (Wildman–Crippen LogP) is 4.81. The normalized spacial score (nSPS) is 24.4. The molecule has 0 radical (unpaired) electrons. The van der Waals surface area contributed by atoms with Gasteiger partial charge in [0, 0.05) is 6.04 Å². The molecule has 2 atom stereocenters. The minimum atomic E-state index is 0.187. The quantitative estimate of drug-likeness (QED) is 0.810. The summed E-state index contributed by atoms with van der Waals surface area (Å²) >= 11 is 0. The van der Waals surface area contributed by atoms with Crippen LogP contribution in [0.25, 0.3) is 0 Å². The topological polar surface area (TPSA) is 26.0 Å². The van der Waals surface area contributed by atoms with Crippen LogP contribution in [0.5, 0.6) is 0 Å². The van der Waals surface area contributed by atoms with E-state index in [9.17, 15) is 0 Å². The van der Waals surface area contributed by atoms with E-state index in [1.54, 1.807) is 0 Å². The molecule has 0 aliphatic heterocycles. The number of nitrogens with two attached hydrogens (primary N) is 1. The molecule has 1 aromatic rings. The van der Waals surface area contributed by atoms with Gasteiger partial charge in [-0.25, -0.2) is 0 Å². The van der Waals surface area contributed by atoms with Crippen LogP contribution in [0.3, 0.4) is 0 Å². The zero-order valence-electron chi connectivity index (χ0n) is 13.2. The molecule has 106 valence electrons. The van der Waals surface area contributed by atoms with Crippen molar-refractivity contribution in [2.24, 2.45) is 17.1 Å². The van der Waals surface area contributed by atoms with E-state index < -0.39 is 0 Å². The van der Waals surface area contributed by atoms with Gasteiger partial charge >= 0.3 is 0 Å². The lowest BCUT2D eigenvalue weighted by Crippen LogP contribution is -2.29. The van der Waals surface area contributed by atoms with Crippen molar-refractivity contribution < 1.29 is 0 Å². The van der Waals surface area contributed by atoms with E-state index in [1.165, 1.54) is 30.4 Å². The van der Waals surface area contributed by atoms with Gasteiger partial charge in [0.2, 0.25) is 0 Å². The molecule has 0 spiro atoms. The number of hydrogen-bond acceptors (Lipinski definition) is 1. The first-order chi connectivity index (χ1) is 8.72. The van der Waals surface area contributed by atoms with Gasteiger partial charge in [0.25, 0.3) is 0 Å². The van der Waals surface area contributed by atoms with Gasteiger partial charge in [-0.2, -0.15) is 0 Å². The molecule has 0 saturated heterocycles. The van der Waals surface area contributed by atoms with E-state index in [2.05, 4.69) is 58.9 Å². The Labute approximate surface area is 118 Å². The van der Waals surface area contributed by atoms with Crippen LogP contribution in [0.1, 0.15) is 71.0 Å². The highest BCUT2D eigenvalue weighted by atomic mass is 14.7. The zero-order chi connectivity index (χ0) is 14.3. The predicted molar refractivity (Wildman–Crippen MR) is 83.2 cm³/mol. The van der Waals surface area contributed by atoms with Gasteiger partial charge in [0.05, 0.1) is 0 Å². The van der Waals surface area contributed by atoms with Gasteiger partial charge in [0.1, 0.15) is 0 Å². The van der Waals surface area contributed by atoms with E-state index in [-0.39, 0.29) is 11.5 Å². The summed E-state index contributed by atoms with van der Waals surface area (Å²) in [6.45, 7) is 11.5. The molecule has 1 aliphatic carbocycles. The fourth-order valence-corrected chi connectivity index (χ4v) is 3.46. The summed E-state index contributed by atoms with van der Waals surface area (Å²) in [5.74, 6) is 0.619. The fraction of sp³-hybridized carbons (Fsp3) is 0.667. The van der Waals surface area contributed by atoms with E-state index >= 15 is 0 Å². The molecule has 19 heavy (non-hydrogen) atoms. The van der Waals surface area contributed by atoms with Crippen LogP contribution in [0.2, 0.25) is 0 Å². The summed E-state index contributed by atoms with van der Waals surface area (Å²) in [5.41, 5.74) is 9.83. The molecule has 1 saturated carbocycles. The Morgan fingerprint density at radius 3 is 2.16 bits per heavy atom. The van der Waals surface area contributed by atoms with Crippen LogP contribution < -0.4 is 5.73 Å². The summed E-state index contributed by atoms with van der Waals surface area (Å²) in [7, 11) is 0. The fourth-order valence-electron chi connectivity index (χ4n) is 3.46. The average molecular weight is 259 g/mol. The first kappa shape index (κ1) is 14.6. The number of hydrogen-bond donors (Lipinski definition) is 1. The standard InChI is InChI=1S/C18H29N/c1-17(2,3)14-10-8-13(9-11-14)16(19)15-7-6-12-18(15,4)5/h8-11,15-16H,6-7,12,19H2,1-5H3. The largest absolute Gasteiger partial charge is 0.324 e. The van der Waals surface area contributed by atoms with Crippen molar-refractivity contribution >= 4 is 0 Å². The third-order valence-corrected chi connectivity index (χ3v) is 4.94. The maximum atomic E-state index is 6.54. The SMILES string of the molecule is CC(C)(C)c1ccc(C(N)C2CCCC2(C)C)cc1. The van der Waals surface area contributed by atoms with Crippen molar-refractivity contribution in [1.82, 2.24) is 0 Å². The first-order valence-corrected chi connectivity index (χ1v) is 7.58. The second kappa shape index (κ2) is 4.94. The van der Waals surface area contributed by atoms with E-state index in [1.807, 2.05) is 0 Å². The van der Waals surface area contributed by atoms with Crippen molar-refractivity contribution in [1.29, 1.82) is 0 Å². The average Bonchev–Trinajstić information content (AvgIpc) is 2.67. The molecule has 1 aromatic carbocycles. The van der Waals surface area contributed by atoms with Gasteiger partial charge in [-0.05, 0) is 40.7 Å². The number of rotatable bonds is 2. The molecule has 1 heteroatoms. The summed E-state index contributed by atoms with van der Waals surface area (Å²) in [5, 5.41) is 0. The van der Waals surface area contributed by atoms with E-state index in [0.717, 1.165) is 0 Å². The van der Waals surface area contributed by atoms with Crippen LogP contribution in [-0.2, 0) is 5.41 Å². The molecule has 1 fully saturated rings. The van der Waals surface area contributed by atoms with Gasteiger partial charge in [-0.15, -0.1) is 0 Å². The maximum Gasteiger partial charge on any atom is 0.0328 e. The molecule has 0 bridgehead atoms. The van der Waals surface area contributed by atoms with Gasteiger partial charge < -0.3 is 5.73 Å². The smallest absolute Gasteiger partial charge is 0.0328 e. The molecule has 2 N–H and O–H groups in total.